The number of aliphatic hydroxyl groups excluding tert-OH is 9. The first-order valence-electron chi connectivity index (χ1n) is 9.56. The summed E-state index contributed by atoms with van der Waals surface area (Å²) in [6.07, 6.45) is -21.4. The van der Waals surface area contributed by atoms with Gasteiger partial charge in [-0.15, -0.1) is 0 Å². The third-order valence-electron chi connectivity index (χ3n) is 5.06. The smallest absolute Gasteiger partial charge is 0.388 e. The van der Waals surface area contributed by atoms with Crippen LogP contribution in [0.5, 0.6) is 0 Å². The Hall–Kier alpha value is -0.370. The summed E-state index contributed by atoms with van der Waals surface area (Å²) in [6.45, 7) is -1.66. The normalized spacial score (nSPS) is 50.0. The van der Waals surface area contributed by atoms with E-state index in [1.165, 1.54) is 0 Å². The molecule has 9 N–H and O–H groups in total. The number of ether oxygens (including phenoxy) is 3. The summed E-state index contributed by atoms with van der Waals surface area (Å²) < 4.78 is 43.4. The zero-order valence-electron chi connectivity index (χ0n) is 16.4. The maximum Gasteiger partial charge on any atom is 0.482 e. The molecule has 3 fully saturated rings. The number of phosphoric acid groups is 1. The quantitative estimate of drug-likeness (QED) is 0.156. The second kappa shape index (κ2) is 10.5. The van der Waals surface area contributed by atoms with Gasteiger partial charge in [-0.25, -0.2) is 4.57 Å². The van der Waals surface area contributed by atoms with Crippen LogP contribution >= 0.6 is 7.82 Å². The van der Waals surface area contributed by atoms with E-state index in [0.717, 1.165) is 0 Å². The minimum Gasteiger partial charge on any atom is -0.388 e. The van der Waals surface area contributed by atoms with Crippen molar-refractivity contribution < 1.29 is 78.3 Å². The Kier molecular flexibility index (Phi) is 8.60. The molecular formula is C15H27O16P. The molecule has 3 aliphatic rings. The van der Waals surface area contributed by atoms with Gasteiger partial charge in [0.25, 0.3) is 0 Å². The van der Waals surface area contributed by atoms with Crippen molar-refractivity contribution in [2.75, 3.05) is 19.8 Å². The van der Waals surface area contributed by atoms with Crippen LogP contribution in [-0.4, -0.2) is 140 Å². The topological polar surface area (TPSA) is 255 Å². The van der Waals surface area contributed by atoms with E-state index in [0.29, 0.717) is 0 Å². The second-order valence-corrected chi connectivity index (χ2v) is 9.04. The van der Waals surface area contributed by atoms with Gasteiger partial charge in [-0.2, -0.15) is 0 Å². The van der Waals surface area contributed by atoms with Crippen molar-refractivity contribution in [3.8, 4) is 0 Å². The highest BCUT2D eigenvalue weighted by Gasteiger charge is 2.50. The van der Waals surface area contributed by atoms with Gasteiger partial charge in [0.05, 0.1) is 19.8 Å². The van der Waals surface area contributed by atoms with Crippen LogP contribution in [0.25, 0.3) is 0 Å². The van der Waals surface area contributed by atoms with Crippen molar-refractivity contribution in [2.45, 2.75) is 73.8 Å². The first-order chi connectivity index (χ1) is 14.9. The molecule has 12 atom stereocenters. The summed E-state index contributed by atoms with van der Waals surface area (Å²) in [6, 6.07) is 0. The van der Waals surface area contributed by atoms with E-state index >= 15 is 0 Å². The van der Waals surface area contributed by atoms with Crippen molar-refractivity contribution >= 4 is 7.82 Å². The van der Waals surface area contributed by atoms with Gasteiger partial charge in [0.15, 0.2) is 18.9 Å². The van der Waals surface area contributed by atoms with E-state index in [2.05, 4.69) is 0 Å². The molecule has 16 nitrogen and oxygen atoms in total. The zero-order valence-corrected chi connectivity index (χ0v) is 17.3. The number of hydrogen-bond donors (Lipinski definition) is 9. The first kappa shape index (κ1) is 26.2. The highest BCUT2D eigenvalue weighted by molar-refractivity contribution is 7.48. The average Bonchev–Trinajstić information content (AvgIpc) is 2.75. The van der Waals surface area contributed by atoms with Gasteiger partial charge < -0.3 is 60.2 Å². The lowest BCUT2D eigenvalue weighted by Gasteiger charge is -2.40. The Morgan fingerprint density at radius 2 is 0.750 bits per heavy atom. The van der Waals surface area contributed by atoms with E-state index in [9.17, 15) is 50.5 Å². The summed E-state index contributed by atoms with van der Waals surface area (Å²) >= 11 is 0. The van der Waals surface area contributed by atoms with Gasteiger partial charge in [0.2, 0.25) is 0 Å². The van der Waals surface area contributed by atoms with Gasteiger partial charge in [-0.05, 0) is 0 Å². The highest BCUT2D eigenvalue weighted by atomic mass is 31.2. The Balaban J connectivity index is 1.79. The molecule has 188 valence electrons. The van der Waals surface area contributed by atoms with Gasteiger partial charge in [0, 0.05) is 0 Å². The molecule has 3 saturated heterocycles. The second-order valence-electron chi connectivity index (χ2n) is 7.51. The lowest BCUT2D eigenvalue weighted by Crippen LogP contribution is -2.56. The van der Waals surface area contributed by atoms with Crippen LogP contribution in [0.1, 0.15) is 0 Å². The predicted octanol–water partition coefficient (Wildman–Crippen LogP) is -5.54. The summed E-state index contributed by atoms with van der Waals surface area (Å²) in [5.74, 6) is 0. The van der Waals surface area contributed by atoms with E-state index in [4.69, 9.17) is 27.8 Å². The number of aliphatic hydroxyl groups is 9. The molecule has 0 spiro atoms. The van der Waals surface area contributed by atoms with Crippen molar-refractivity contribution in [3.05, 3.63) is 0 Å². The molecule has 3 aliphatic heterocycles. The maximum atomic E-state index is 13.3. The Bertz CT molecular complexity index is 582. The summed E-state index contributed by atoms with van der Waals surface area (Å²) in [7, 11) is -5.11. The molecule has 0 aromatic heterocycles. The maximum absolute atomic E-state index is 13.3. The van der Waals surface area contributed by atoms with Crippen LogP contribution in [0.3, 0.4) is 0 Å². The van der Waals surface area contributed by atoms with Crippen LogP contribution in [0.4, 0.5) is 0 Å². The van der Waals surface area contributed by atoms with Crippen LogP contribution in [0.15, 0.2) is 0 Å². The Morgan fingerprint density at radius 1 is 0.500 bits per heavy atom. The lowest BCUT2D eigenvalue weighted by atomic mass is 10.1. The Morgan fingerprint density at radius 3 is 1.00 bits per heavy atom. The van der Waals surface area contributed by atoms with Gasteiger partial charge in [0.1, 0.15) is 54.9 Å². The molecule has 0 radical (unpaired) electrons. The molecule has 3 heterocycles. The van der Waals surface area contributed by atoms with Crippen molar-refractivity contribution in [2.24, 2.45) is 0 Å². The van der Waals surface area contributed by atoms with Crippen LogP contribution < -0.4 is 0 Å². The monoisotopic (exact) mass is 494 g/mol. The van der Waals surface area contributed by atoms with Crippen molar-refractivity contribution in [1.29, 1.82) is 0 Å². The molecule has 32 heavy (non-hydrogen) atoms. The van der Waals surface area contributed by atoms with Gasteiger partial charge in [-0.1, -0.05) is 0 Å². The highest BCUT2D eigenvalue weighted by Crippen LogP contribution is 2.55. The molecular weight excluding hydrogens is 467 g/mol. The SMILES string of the molecule is O=P(OC1OCC(O)C(O)C1O)(OC1OCC(O)C(O)C1O)OC1OCC(O)C(O)C1O. The average molecular weight is 494 g/mol. The molecule has 17 heteroatoms. The van der Waals surface area contributed by atoms with E-state index in [-0.39, 0.29) is 0 Å². The Labute approximate surface area is 180 Å². The predicted molar refractivity (Wildman–Crippen MR) is 94.1 cm³/mol. The molecule has 12 unspecified atom stereocenters. The summed E-state index contributed by atoms with van der Waals surface area (Å²) in [5, 5.41) is 88.1. The standard InChI is InChI=1S/C15H27O16P/c16-4-1-26-13(10(22)7(4)19)29-32(25,30-14-11(23)8(20)5(17)2-27-14)31-15-12(24)9(21)6(18)3-28-15/h4-24H,1-3H2. The summed E-state index contributed by atoms with van der Waals surface area (Å²) in [4.78, 5) is 0. The number of phosphoric ester groups is 1. The van der Waals surface area contributed by atoms with Gasteiger partial charge in [-0.3, -0.25) is 13.6 Å². The fourth-order valence-corrected chi connectivity index (χ4v) is 4.54. The number of hydrogen-bond acceptors (Lipinski definition) is 16. The fraction of sp³-hybridized carbons (Fsp3) is 1.00. The van der Waals surface area contributed by atoms with Crippen molar-refractivity contribution in [1.82, 2.24) is 0 Å². The lowest BCUT2D eigenvalue weighted by molar-refractivity contribution is -0.281. The molecule has 0 aliphatic carbocycles. The van der Waals surface area contributed by atoms with Gasteiger partial charge >= 0.3 is 7.82 Å². The third kappa shape index (κ3) is 5.64. The summed E-state index contributed by atoms with van der Waals surface area (Å²) in [5.41, 5.74) is 0. The number of rotatable bonds is 6. The third-order valence-corrected chi connectivity index (χ3v) is 6.46. The fourth-order valence-electron chi connectivity index (χ4n) is 3.07. The van der Waals surface area contributed by atoms with E-state index in [1.807, 2.05) is 0 Å². The zero-order chi connectivity index (χ0) is 23.8. The van der Waals surface area contributed by atoms with Crippen LogP contribution in [0, 0.1) is 0 Å². The molecule has 0 saturated carbocycles. The molecule has 0 amide bonds. The van der Waals surface area contributed by atoms with Crippen molar-refractivity contribution in [3.63, 3.8) is 0 Å². The van der Waals surface area contributed by atoms with E-state index in [1.54, 1.807) is 0 Å². The van der Waals surface area contributed by atoms with Crippen LogP contribution in [0.2, 0.25) is 0 Å². The minimum absolute atomic E-state index is 0.552. The molecule has 0 aromatic rings. The largest absolute Gasteiger partial charge is 0.482 e. The van der Waals surface area contributed by atoms with E-state index < -0.39 is 101 Å². The minimum atomic E-state index is -5.11. The van der Waals surface area contributed by atoms with Crippen LogP contribution in [-0.2, 0) is 32.3 Å². The first-order valence-corrected chi connectivity index (χ1v) is 11.0. The molecule has 0 aromatic carbocycles. The molecule has 0 bridgehead atoms. The molecule has 3 rings (SSSR count).